The first kappa shape index (κ1) is 22.0. The summed E-state index contributed by atoms with van der Waals surface area (Å²) in [7, 11) is 0. The zero-order valence-corrected chi connectivity index (χ0v) is 17.3. The van der Waals surface area contributed by atoms with Crippen LogP contribution in [0, 0.1) is 0 Å². The van der Waals surface area contributed by atoms with E-state index in [1.54, 1.807) is 11.0 Å². The molecule has 2 aromatic carbocycles. The normalized spacial score (nSPS) is 15.8. The lowest BCUT2D eigenvalue weighted by molar-refractivity contribution is -0.139. The fourth-order valence-electron chi connectivity index (χ4n) is 3.54. The van der Waals surface area contributed by atoms with Gasteiger partial charge in [0.05, 0.1) is 5.56 Å². The van der Waals surface area contributed by atoms with Crippen LogP contribution < -0.4 is 9.64 Å². The van der Waals surface area contributed by atoms with Crippen molar-refractivity contribution in [1.29, 1.82) is 0 Å². The lowest BCUT2D eigenvalue weighted by Crippen LogP contribution is -2.52. The van der Waals surface area contributed by atoms with E-state index in [0.717, 1.165) is 18.6 Å². The summed E-state index contributed by atoms with van der Waals surface area (Å²) in [5.41, 5.74) is 1.07. The van der Waals surface area contributed by atoms with Gasteiger partial charge in [0.1, 0.15) is 5.75 Å². The third-order valence-corrected chi connectivity index (χ3v) is 5.39. The number of halogens is 3. The molecule has 2 aromatic rings. The molecule has 1 heterocycles. The molecule has 162 valence electrons. The molecule has 7 heteroatoms. The van der Waals surface area contributed by atoms with Gasteiger partial charge in [-0.15, -0.1) is 0 Å². The first-order valence-electron chi connectivity index (χ1n) is 10.3. The van der Waals surface area contributed by atoms with Crippen LogP contribution in [0.5, 0.6) is 5.75 Å². The van der Waals surface area contributed by atoms with E-state index in [1.807, 2.05) is 36.1 Å². The number of rotatable bonds is 6. The topological polar surface area (TPSA) is 32.8 Å². The van der Waals surface area contributed by atoms with Gasteiger partial charge in [-0.2, -0.15) is 13.2 Å². The van der Waals surface area contributed by atoms with Crippen molar-refractivity contribution in [3.63, 3.8) is 0 Å². The zero-order chi connectivity index (χ0) is 21.7. The van der Waals surface area contributed by atoms with Crippen LogP contribution in [0.25, 0.3) is 0 Å². The second-order valence-corrected chi connectivity index (χ2v) is 7.37. The Morgan fingerprint density at radius 2 is 1.70 bits per heavy atom. The van der Waals surface area contributed by atoms with Gasteiger partial charge in [-0.3, -0.25) is 4.79 Å². The molecule has 0 spiro atoms. The highest BCUT2D eigenvalue weighted by molar-refractivity contribution is 5.81. The molecule has 0 aliphatic carbocycles. The minimum absolute atomic E-state index is 0.0826. The van der Waals surface area contributed by atoms with E-state index >= 15 is 0 Å². The van der Waals surface area contributed by atoms with Crippen LogP contribution in [0.2, 0.25) is 0 Å². The number of nitrogens with zero attached hydrogens (tertiary/aromatic N) is 2. The Bertz CT molecular complexity index is 844. The smallest absolute Gasteiger partial charge is 0.416 e. The van der Waals surface area contributed by atoms with Crippen molar-refractivity contribution in [2.45, 2.75) is 39.0 Å². The number of amides is 1. The summed E-state index contributed by atoms with van der Waals surface area (Å²) in [6.45, 7) is 5.84. The highest BCUT2D eigenvalue weighted by Crippen LogP contribution is 2.32. The summed E-state index contributed by atoms with van der Waals surface area (Å²) >= 11 is 0. The van der Waals surface area contributed by atoms with Crippen LogP contribution in [-0.4, -0.2) is 43.1 Å². The summed E-state index contributed by atoms with van der Waals surface area (Å²) in [5, 5.41) is 0. The number of piperazine rings is 1. The predicted octanol–water partition coefficient (Wildman–Crippen LogP) is 4.77. The fraction of sp³-hybridized carbons (Fsp3) is 0.435. The highest BCUT2D eigenvalue weighted by atomic mass is 19.4. The van der Waals surface area contributed by atoms with Crippen LogP contribution in [0.3, 0.4) is 0 Å². The fourth-order valence-corrected chi connectivity index (χ4v) is 3.54. The van der Waals surface area contributed by atoms with E-state index < -0.39 is 17.8 Å². The maximum absolute atomic E-state index is 13.0. The molecule has 0 saturated carbocycles. The third-order valence-electron chi connectivity index (χ3n) is 5.39. The number of carbonyl (C=O) groups is 1. The molecule has 1 aliphatic rings. The molecule has 1 unspecified atom stereocenters. The number of hydrogen-bond donors (Lipinski definition) is 0. The van der Waals surface area contributed by atoms with Crippen molar-refractivity contribution in [2.24, 2.45) is 0 Å². The lowest BCUT2D eigenvalue weighted by atomic mass is 10.1. The van der Waals surface area contributed by atoms with E-state index in [9.17, 15) is 18.0 Å². The average Bonchev–Trinajstić information content (AvgIpc) is 2.77. The van der Waals surface area contributed by atoms with Gasteiger partial charge in [0.25, 0.3) is 5.91 Å². The highest BCUT2D eigenvalue weighted by Gasteiger charge is 2.32. The second kappa shape index (κ2) is 9.41. The van der Waals surface area contributed by atoms with Gasteiger partial charge in [-0.05, 0) is 48.7 Å². The number of hydrogen-bond acceptors (Lipinski definition) is 3. The van der Waals surface area contributed by atoms with Gasteiger partial charge in [0.15, 0.2) is 6.10 Å². The monoisotopic (exact) mass is 420 g/mol. The molecule has 3 rings (SSSR count). The Morgan fingerprint density at radius 1 is 1.03 bits per heavy atom. The molecule has 1 saturated heterocycles. The Labute approximate surface area is 175 Å². The molecular weight excluding hydrogens is 393 g/mol. The van der Waals surface area contributed by atoms with Crippen molar-refractivity contribution in [3.05, 3.63) is 59.7 Å². The largest absolute Gasteiger partial charge is 0.481 e. The number of anilines is 1. The molecule has 1 aliphatic heterocycles. The molecule has 0 aromatic heterocycles. The minimum atomic E-state index is -4.37. The number of ether oxygens (including phenoxy) is 1. The Morgan fingerprint density at radius 3 is 2.27 bits per heavy atom. The van der Waals surface area contributed by atoms with Crippen molar-refractivity contribution >= 4 is 11.6 Å². The minimum Gasteiger partial charge on any atom is -0.481 e. The van der Waals surface area contributed by atoms with Gasteiger partial charge >= 0.3 is 6.18 Å². The molecular formula is C23H27F3N2O2. The number of carbonyl (C=O) groups excluding carboxylic acids is 1. The van der Waals surface area contributed by atoms with Gasteiger partial charge < -0.3 is 14.5 Å². The Hall–Kier alpha value is -2.70. The predicted molar refractivity (Wildman–Crippen MR) is 111 cm³/mol. The number of aryl methyl sites for hydroxylation is 1. The van der Waals surface area contributed by atoms with E-state index in [0.29, 0.717) is 44.0 Å². The molecule has 1 amide bonds. The number of alkyl halides is 3. The van der Waals surface area contributed by atoms with Crippen molar-refractivity contribution < 1.29 is 22.7 Å². The zero-order valence-electron chi connectivity index (χ0n) is 17.3. The summed E-state index contributed by atoms with van der Waals surface area (Å²) in [5.74, 6) is 0.579. The summed E-state index contributed by atoms with van der Waals surface area (Å²) in [6.07, 6.45) is -3.46. The van der Waals surface area contributed by atoms with Crippen molar-refractivity contribution in [1.82, 2.24) is 4.90 Å². The Kier molecular flexibility index (Phi) is 6.90. The van der Waals surface area contributed by atoms with Crippen molar-refractivity contribution in [3.8, 4) is 5.75 Å². The van der Waals surface area contributed by atoms with Crippen LogP contribution in [0.15, 0.2) is 48.5 Å². The van der Waals surface area contributed by atoms with Gasteiger partial charge in [0.2, 0.25) is 0 Å². The first-order chi connectivity index (χ1) is 14.3. The van der Waals surface area contributed by atoms with E-state index in [1.165, 1.54) is 11.6 Å². The van der Waals surface area contributed by atoms with Gasteiger partial charge in [-0.25, -0.2) is 0 Å². The molecule has 0 N–H and O–H groups in total. The SMILES string of the molecule is CCc1ccc(OC(CC)C(=O)N2CCN(c3cccc(C(F)(F)F)c3)CC2)cc1. The summed E-state index contributed by atoms with van der Waals surface area (Å²) in [4.78, 5) is 16.5. The third kappa shape index (κ3) is 5.26. The van der Waals surface area contributed by atoms with E-state index in [2.05, 4.69) is 6.92 Å². The Balaban J connectivity index is 1.59. The van der Waals surface area contributed by atoms with Crippen LogP contribution in [-0.2, 0) is 17.4 Å². The number of benzene rings is 2. The van der Waals surface area contributed by atoms with Gasteiger partial charge in [-0.1, -0.05) is 32.0 Å². The van der Waals surface area contributed by atoms with Crippen LogP contribution in [0.1, 0.15) is 31.4 Å². The lowest BCUT2D eigenvalue weighted by Gasteiger charge is -2.37. The second-order valence-electron chi connectivity index (χ2n) is 7.37. The quantitative estimate of drug-likeness (QED) is 0.675. The molecule has 1 fully saturated rings. The average molecular weight is 420 g/mol. The molecule has 0 bridgehead atoms. The van der Waals surface area contributed by atoms with Crippen LogP contribution in [0.4, 0.5) is 18.9 Å². The molecule has 4 nitrogen and oxygen atoms in total. The van der Waals surface area contributed by atoms with Crippen LogP contribution >= 0.6 is 0 Å². The summed E-state index contributed by atoms with van der Waals surface area (Å²) < 4.78 is 44.8. The maximum atomic E-state index is 13.0. The van der Waals surface area contributed by atoms with E-state index in [-0.39, 0.29) is 5.91 Å². The molecule has 0 radical (unpaired) electrons. The summed E-state index contributed by atoms with van der Waals surface area (Å²) in [6, 6.07) is 13.0. The molecule has 1 atom stereocenters. The van der Waals surface area contributed by atoms with Gasteiger partial charge in [0, 0.05) is 31.9 Å². The standard InChI is InChI=1S/C23H27F3N2O2/c1-3-17-8-10-20(11-9-17)30-21(4-2)22(29)28-14-12-27(13-15-28)19-7-5-6-18(16-19)23(24,25)26/h5-11,16,21H,3-4,12-15H2,1-2H3. The van der Waals surface area contributed by atoms with Crippen molar-refractivity contribution in [2.75, 3.05) is 31.1 Å². The molecule has 30 heavy (non-hydrogen) atoms. The maximum Gasteiger partial charge on any atom is 0.416 e. The first-order valence-corrected chi connectivity index (χ1v) is 10.3. The van der Waals surface area contributed by atoms with E-state index in [4.69, 9.17) is 4.74 Å².